The predicted molar refractivity (Wildman–Crippen MR) is 148 cm³/mol. The molecule has 7 nitrogen and oxygen atoms in total. The molecule has 0 heterocycles. The van der Waals surface area contributed by atoms with Crippen molar-refractivity contribution >= 4 is 62.3 Å². The van der Waals surface area contributed by atoms with Crippen LogP contribution in [-0.2, 0) is 32.3 Å². The number of amides is 2. The Hall–Kier alpha value is -2.21. The van der Waals surface area contributed by atoms with Crippen LogP contribution in [0.5, 0.6) is 0 Å². The zero-order chi connectivity index (χ0) is 29.7. The van der Waals surface area contributed by atoms with E-state index in [2.05, 4.69) is 5.32 Å². The standard InChI is InChI=1S/C25H29Cl3F3N3O4S/c1-5-15(3)32-24(36)21(6-2)33(13-16-7-9-18(26)20(28)11-16)23(35)14-34(39(4,37)38)22-12-17(25(29,30)31)8-10-19(22)27/h7-12,15,21H,5-6,13-14H2,1-4H3,(H,32,36)/t15-,21+/m0/s1. The summed E-state index contributed by atoms with van der Waals surface area (Å²) in [7, 11) is -4.30. The van der Waals surface area contributed by atoms with Crippen molar-refractivity contribution in [2.75, 3.05) is 17.1 Å². The lowest BCUT2D eigenvalue weighted by atomic mass is 10.1. The minimum atomic E-state index is -4.78. The van der Waals surface area contributed by atoms with Gasteiger partial charge < -0.3 is 10.2 Å². The van der Waals surface area contributed by atoms with Crippen molar-refractivity contribution in [1.29, 1.82) is 0 Å². The van der Waals surface area contributed by atoms with Crippen LogP contribution in [0.15, 0.2) is 36.4 Å². The van der Waals surface area contributed by atoms with E-state index in [-0.39, 0.29) is 34.1 Å². The molecule has 1 N–H and O–H groups in total. The van der Waals surface area contributed by atoms with Crippen LogP contribution >= 0.6 is 34.8 Å². The molecule has 0 bridgehead atoms. The number of sulfonamides is 1. The smallest absolute Gasteiger partial charge is 0.352 e. The summed E-state index contributed by atoms with van der Waals surface area (Å²) in [6, 6.07) is 5.54. The van der Waals surface area contributed by atoms with Crippen LogP contribution in [0, 0.1) is 0 Å². The number of carbonyl (C=O) groups excluding carboxylic acids is 2. The molecule has 2 atom stereocenters. The van der Waals surface area contributed by atoms with Crippen molar-refractivity contribution in [2.45, 2.75) is 58.4 Å². The number of carbonyl (C=O) groups is 2. The first-order valence-corrected chi connectivity index (χ1v) is 14.9. The van der Waals surface area contributed by atoms with E-state index in [1.54, 1.807) is 19.9 Å². The fourth-order valence-corrected chi connectivity index (χ4v) is 5.11. The van der Waals surface area contributed by atoms with Crippen molar-refractivity contribution in [3.05, 3.63) is 62.6 Å². The molecule has 39 heavy (non-hydrogen) atoms. The van der Waals surface area contributed by atoms with Crippen molar-refractivity contribution in [3.8, 4) is 0 Å². The monoisotopic (exact) mass is 629 g/mol. The number of hydrogen-bond donors (Lipinski definition) is 1. The first-order valence-electron chi connectivity index (χ1n) is 11.9. The lowest BCUT2D eigenvalue weighted by Crippen LogP contribution is -2.53. The van der Waals surface area contributed by atoms with E-state index >= 15 is 0 Å². The van der Waals surface area contributed by atoms with Gasteiger partial charge in [0.25, 0.3) is 0 Å². The maximum Gasteiger partial charge on any atom is 0.416 e. The van der Waals surface area contributed by atoms with E-state index in [4.69, 9.17) is 34.8 Å². The topological polar surface area (TPSA) is 86.8 Å². The molecule has 0 aliphatic carbocycles. The molecule has 0 aliphatic heterocycles. The van der Waals surface area contributed by atoms with Gasteiger partial charge in [0.15, 0.2) is 0 Å². The Bertz CT molecular complexity index is 1310. The highest BCUT2D eigenvalue weighted by atomic mass is 35.5. The molecule has 2 amide bonds. The summed E-state index contributed by atoms with van der Waals surface area (Å²) >= 11 is 18.2. The van der Waals surface area contributed by atoms with E-state index in [9.17, 15) is 31.2 Å². The van der Waals surface area contributed by atoms with Crippen molar-refractivity contribution < 1.29 is 31.2 Å². The summed E-state index contributed by atoms with van der Waals surface area (Å²) in [4.78, 5) is 28.0. The zero-order valence-corrected chi connectivity index (χ0v) is 24.7. The van der Waals surface area contributed by atoms with Gasteiger partial charge in [0.2, 0.25) is 21.8 Å². The van der Waals surface area contributed by atoms with Gasteiger partial charge in [-0.05, 0) is 55.7 Å². The fraction of sp³-hybridized carbons (Fsp3) is 0.440. The number of benzene rings is 2. The van der Waals surface area contributed by atoms with Crippen molar-refractivity contribution in [2.24, 2.45) is 0 Å². The van der Waals surface area contributed by atoms with Crippen LogP contribution in [0.2, 0.25) is 15.1 Å². The van der Waals surface area contributed by atoms with Crippen LogP contribution in [0.4, 0.5) is 18.9 Å². The SMILES string of the molecule is CC[C@H](C(=O)N[C@@H](C)CC)N(Cc1ccc(Cl)c(Cl)c1)C(=O)CN(c1cc(C(F)(F)F)ccc1Cl)S(C)(=O)=O. The Morgan fingerprint density at radius 2 is 1.59 bits per heavy atom. The predicted octanol–water partition coefficient (Wildman–Crippen LogP) is 6.15. The second kappa shape index (κ2) is 13.4. The summed E-state index contributed by atoms with van der Waals surface area (Å²) in [5.41, 5.74) is -1.17. The molecule has 0 spiro atoms. The molecule has 0 aliphatic rings. The lowest BCUT2D eigenvalue weighted by molar-refractivity contribution is -0.140. The maximum atomic E-state index is 13.7. The average molecular weight is 631 g/mol. The van der Waals surface area contributed by atoms with Crippen LogP contribution < -0.4 is 9.62 Å². The Labute approximate surface area is 241 Å². The normalized spacial score (nSPS) is 13.5. The quantitative estimate of drug-likeness (QED) is 0.323. The Morgan fingerprint density at radius 1 is 0.974 bits per heavy atom. The molecule has 14 heteroatoms. The summed E-state index contributed by atoms with van der Waals surface area (Å²) in [6.45, 7) is 4.27. The first kappa shape index (κ1) is 33.0. The molecule has 2 aromatic rings. The highest BCUT2D eigenvalue weighted by Gasteiger charge is 2.35. The summed E-state index contributed by atoms with van der Waals surface area (Å²) in [5, 5.41) is 2.97. The van der Waals surface area contributed by atoms with Gasteiger partial charge in [-0.3, -0.25) is 13.9 Å². The number of nitrogens with zero attached hydrogens (tertiary/aromatic N) is 2. The fourth-order valence-electron chi connectivity index (χ4n) is 3.67. The number of rotatable bonds is 11. The summed E-state index contributed by atoms with van der Waals surface area (Å²) in [5.74, 6) is -1.31. The third kappa shape index (κ3) is 8.89. The second-order valence-electron chi connectivity index (χ2n) is 8.95. The van der Waals surface area contributed by atoms with E-state index in [1.165, 1.54) is 12.1 Å². The minimum absolute atomic E-state index is 0.157. The van der Waals surface area contributed by atoms with Gasteiger partial charge in [-0.25, -0.2) is 8.42 Å². The van der Waals surface area contributed by atoms with Gasteiger partial charge in [-0.15, -0.1) is 0 Å². The Morgan fingerprint density at radius 3 is 2.10 bits per heavy atom. The molecule has 216 valence electrons. The molecular formula is C25H29Cl3F3N3O4S. The van der Waals surface area contributed by atoms with E-state index in [0.717, 1.165) is 17.2 Å². The zero-order valence-electron chi connectivity index (χ0n) is 21.7. The van der Waals surface area contributed by atoms with Crippen LogP contribution in [0.25, 0.3) is 0 Å². The molecule has 0 fully saturated rings. The average Bonchev–Trinajstić information content (AvgIpc) is 2.83. The molecular weight excluding hydrogens is 602 g/mol. The third-order valence-electron chi connectivity index (χ3n) is 5.95. The molecule has 0 radical (unpaired) electrons. The third-order valence-corrected chi connectivity index (χ3v) is 8.13. The number of nitrogens with one attached hydrogen (secondary N) is 1. The van der Waals surface area contributed by atoms with E-state index in [0.29, 0.717) is 28.4 Å². The van der Waals surface area contributed by atoms with Crippen LogP contribution in [-0.4, -0.2) is 50.0 Å². The van der Waals surface area contributed by atoms with Gasteiger partial charge in [0.05, 0.1) is 32.6 Å². The number of alkyl halides is 3. The maximum absolute atomic E-state index is 13.7. The Balaban J connectivity index is 2.57. The number of halogens is 6. The largest absolute Gasteiger partial charge is 0.416 e. The van der Waals surface area contributed by atoms with Gasteiger partial charge in [-0.1, -0.05) is 54.7 Å². The highest BCUT2D eigenvalue weighted by Crippen LogP contribution is 2.36. The number of hydrogen-bond acceptors (Lipinski definition) is 4. The lowest BCUT2D eigenvalue weighted by Gasteiger charge is -2.33. The summed E-state index contributed by atoms with van der Waals surface area (Å²) in [6.07, 6.45) is -3.25. The Kier molecular flexibility index (Phi) is 11.4. The highest BCUT2D eigenvalue weighted by molar-refractivity contribution is 7.92. The van der Waals surface area contributed by atoms with Gasteiger partial charge in [0, 0.05) is 12.6 Å². The first-order chi connectivity index (χ1) is 18.0. The van der Waals surface area contributed by atoms with Crippen molar-refractivity contribution in [3.63, 3.8) is 0 Å². The second-order valence-corrected chi connectivity index (χ2v) is 12.1. The van der Waals surface area contributed by atoms with Crippen LogP contribution in [0.3, 0.4) is 0 Å². The molecule has 0 saturated carbocycles. The minimum Gasteiger partial charge on any atom is -0.352 e. The molecule has 2 aromatic carbocycles. The van der Waals surface area contributed by atoms with Crippen LogP contribution in [0.1, 0.15) is 44.7 Å². The molecule has 0 aromatic heterocycles. The van der Waals surface area contributed by atoms with E-state index in [1.807, 2.05) is 6.92 Å². The summed E-state index contributed by atoms with van der Waals surface area (Å²) < 4.78 is 66.0. The van der Waals surface area contributed by atoms with Crippen molar-refractivity contribution in [1.82, 2.24) is 10.2 Å². The van der Waals surface area contributed by atoms with E-state index < -0.39 is 51.9 Å². The number of anilines is 1. The van der Waals surface area contributed by atoms with Gasteiger partial charge in [-0.2, -0.15) is 13.2 Å². The van der Waals surface area contributed by atoms with Gasteiger partial charge >= 0.3 is 6.18 Å². The molecule has 0 unspecified atom stereocenters. The van der Waals surface area contributed by atoms with Gasteiger partial charge in [0.1, 0.15) is 12.6 Å². The molecule has 2 rings (SSSR count). The molecule has 0 saturated heterocycles.